The molecule has 9 heteroatoms. The van der Waals surface area contributed by atoms with Crippen LogP contribution in [0, 0.1) is 17.8 Å². The van der Waals surface area contributed by atoms with Gasteiger partial charge >= 0.3 is 0 Å². The van der Waals surface area contributed by atoms with Crippen LogP contribution in [0.25, 0.3) is 0 Å². The molecule has 4 atom stereocenters. The number of nitrogens with zero attached hydrogens (tertiary/aromatic N) is 2. The first kappa shape index (κ1) is 29.7. The van der Waals surface area contributed by atoms with Crippen LogP contribution in [0.1, 0.15) is 70.3 Å². The normalized spacial score (nSPS) is 25.2. The maximum absolute atomic E-state index is 14.1. The van der Waals surface area contributed by atoms with Crippen LogP contribution in [-0.2, 0) is 25.6 Å². The van der Waals surface area contributed by atoms with Gasteiger partial charge in [-0.3, -0.25) is 19.2 Å². The molecule has 1 aromatic rings. The second kappa shape index (κ2) is 13.5. The van der Waals surface area contributed by atoms with Gasteiger partial charge in [-0.05, 0) is 82.2 Å². The van der Waals surface area contributed by atoms with Gasteiger partial charge in [0.2, 0.25) is 17.7 Å². The number of Topliss-reactive ketones (excluding diaryl/α,β-unsaturated/α-hetero) is 1. The summed E-state index contributed by atoms with van der Waals surface area (Å²) in [6, 6.07) is 7.40. The standard InChI is InChI=1S/C32H47N5O4/c1-21(33-2)30(39)35-29(24-8-4-3-5-9-24)32(41)37-16-13-23-12-15-36(20-28(23)37)14-11-22-7-6-10-26(17-22)34-31(40)25-18-27(38)19-25/h6-7,10,17,21,23-25,28-29,33H,3-5,8-9,11-16,18-20H2,1-2H3,(H,34,40)(H,35,39)/t21-,23+,28+,29-/m0/s1. The number of hydrogen-bond donors (Lipinski definition) is 3. The van der Waals surface area contributed by atoms with Gasteiger partial charge in [-0.15, -0.1) is 0 Å². The van der Waals surface area contributed by atoms with Gasteiger partial charge in [0.05, 0.1) is 12.0 Å². The number of benzene rings is 1. The highest BCUT2D eigenvalue weighted by Crippen LogP contribution is 2.34. The summed E-state index contributed by atoms with van der Waals surface area (Å²) in [5, 5.41) is 9.13. The molecule has 224 valence electrons. The quantitative estimate of drug-likeness (QED) is 0.403. The molecule has 0 spiro atoms. The number of ketones is 1. The van der Waals surface area contributed by atoms with Crippen LogP contribution < -0.4 is 16.0 Å². The maximum atomic E-state index is 14.1. The molecule has 1 aromatic carbocycles. The number of rotatable bonds is 10. The van der Waals surface area contributed by atoms with Crippen LogP contribution in [0.3, 0.4) is 0 Å². The zero-order chi connectivity index (χ0) is 28.9. The van der Waals surface area contributed by atoms with E-state index >= 15 is 0 Å². The number of carbonyl (C=O) groups excluding carboxylic acids is 4. The van der Waals surface area contributed by atoms with E-state index in [-0.39, 0.29) is 47.4 Å². The minimum atomic E-state index is -0.441. The minimum Gasteiger partial charge on any atom is -0.343 e. The number of carbonyl (C=O) groups is 4. The molecule has 3 N–H and O–H groups in total. The minimum absolute atomic E-state index is 0.0713. The lowest BCUT2D eigenvalue weighted by Gasteiger charge is -2.41. The van der Waals surface area contributed by atoms with Crippen molar-refractivity contribution in [1.82, 2.24) is 20.4 Å². The Balaban J connectivity index is 1.18. The zero-order valence-corrected chi connectivity index (χ0v) is 24.7. The Bertz CT molecular complexity index is 1110. The molecule has 2 aliphatic heterocycles. The summed E-state index contributed by atoms with van der Waals surface area (Å²) in [5.41, 5.74) is 1.94. The van der Waals surface area contributed by atoms with Crippen LogP contribution in [0.4, 0.5) is 5.69 Å². The Kier molecular flexibility index (Phi) is 9.75. The third kappa shape index (κ3) is 7.17. The molecule has 41 heavy (non-hydrogen) atoms. The van der Waals surface area contributed by atoms with Crippen molar-refractivity contribution in [1.29, 1.82) is 0 Å². The highest BCUT2D eigenvalue weighted by Gasteiger charge is 2.44. The Morgan fingerprint density at radius 2 is 1.78 bits per heavy atom. The number of anilines is 1. The van der Waals surface area contributed by atoms with E-state index in [2.05, 4.69) is 31.8 Å². The van der Waals surface area contributed by atoms with E-state index in [1.54, 1.807) is 7.05 Å². The van der Waals surface area contributed by atoms with Crippen molar-refractivity contribution < 1.29 is 19.2 Å². The lowest BCUT2D eigenvalue weighted by Crippen LogP contribution is -2.58. The first-order valence-corrected chi connectivity index (χ1v) is 15.7. The first-order valence-electron chi connectivity index (χ1n) is 15.7. The molecule has 0 unspecified atom stereocenters. The van der Waals surface area contributed by atoms with Crippen molar-refractivity contribution in [3.63, 3.8) is 0 Å². The second-order valence-electron chi connectivity index (χ2n) is 12.7. The molecule has 0 radical (unpaired) electrons. The van der Waals surface area contributed by atoms with Gasteiger partial charge in [0, 0.05) is 44.2 Å². The Hall–Kier alpha value is -2.78. The molecule has 2 saturated carbocycles. The van der Waals surface area contributed by atoms with Gasteiger partial charge in [0.1, 0.15) is 11.8 Å². The monoisotopic (exact) mass is 565 g/mol. The SMILES string of the molecule is CN[C@@H](C)C(=O)N[C@H](C(=O)N1CC[C@H]2CCN(CCc3cccc(NC(=O)C4CC(=O)C4)c3)C[C@H]21)C1CCCCC1. The van der Waals surface area contributed by atoms with Gasteiger partial charge in [-0.25, -0.2) is 0 Å². The molecule has 2 heterocycles. The van der Waals surface area contributed by atoms with Crippen LogP contribution >= 0.6 is 0 Å². The molecule has 4 aliphatic rings. The fraction of sp³-hybridized carbons (Fsp3) is 0.688. The molecule has 4 fully saturated rings. The maximum Gasteiger partial charge on any atom is 0.245 e. The first-order chi connectivity index (χ1) is 19.8. The van der Waals surface area contributed by atoms with E-state index in [0.717, 1.165) is 82.4 Å². The summed E-state index contributed by atoms with van der Waals surface area (Å²) >= 11 is 0. The third-order valence-corrected chi connectivity index (χ3v) is 9.97. The Morgan fingerprint density at radius 1 is 1.02 bits per heavy atom. The van der Waals surface area contributed by atoms with Crippen LogP contribution in [0.2, 0.25) is 0 Å². The largest absolute Gasteiger partial charge is 0.343 e. The van der Waals surface area contributed by atoms with Crippen LogP contribution in [0.5, 0.6) is 0 Å². The van der Waals surface area contributed by atoms with Crippen molar-refractivity contribution >= 4 is 29.2 Å². The smallest absolute Gasteiger partial charge is 0.245 e. The molecule has 5 rings (SSSR count). The van der Waals surface area contributed by atoms with E-state index < -0.39 is 6.04 Å². The number of likely N-dealkylation sites (tertiary alicyclic amines) is 2. The van der Waals surface area contributed by atoms with E-state index in [1.807, 2.05) is 25.1 Å². The summed E-state index contributed by atoms with van der Waals surface area (Å²) < 4.78 is 0. The van der Waals surface area contributed by atoms with E-state index in [4.69, 9.17) is 0 Å². The van der Waals surface area contributed by atoms with Crippen molar-refractivity contribution in [3.8, 4) is 0 Å². The van der Waals surface area contributed by atoms with E-state index in [1.165, 1.54) is 6.42 Å². The summed E-state index contributed by atoms with van der Waals surface area (Å²) in [5.74, 6) is 0.631. The molecule has 3 amide bonds. The number of nitrogens with one attached hydrogen (secondary N) is 3. The molecular formula is C32H47N5O4. The zero-order valence-electron chi connectivity index (χ0n) is 24.7. The number of amides is 3. The van der Waals surface area contributed by atoms with Crippen LogP contribution in [0.15, 0.2) is 24.3 Å². The van der Waals surface area contributed by atoms with E-state index in [0.29, 0.717) is 18.8 Å². The fourth-order valence-electron chi connectivity index (χ4n) is 7.13. The average Bonchev–Trinajstić information content (AvgIpc) is 3.40. The number of fused-ring (bicyclic) bond motifs is 1. The van der Waals surface area contributed by atoms with Crippen molar-refractivity contribution in [2.24, 2.45) is 17.8 Å². The lowest BCUT2D eigenvalue weighted by atomic mass is 9.83. The van der Waals surface area contributed by atoms with Crippen molar-refractivity contribution in [3.05, 3.63) is 29.8 Å². The summed E-state index contributed by atoms with van der Waals surface area (Å²) in [4.78, 5) is 55.1. The Morgan fingerprint density at radius 3 is 2.51 bits per heavy atom. The Labute approximate surface area is 244 Å². The van der Waals surface area contributed by atoms with Crippen LogP contribution in [-0.4, -0.2) is 84.7 Å². The average molecular weight is 566 g/mol. The van der Waals surface area contributed by atoms with Gasteiger partial charge in [0.15, 0.2) is 0 Å². The second-order valence-corrected chi connectivity index (χ2v) is 12.7. The highest BCUT2D eigenvalue weighted by atomic mass is 16.2. The molecule has 0 aromatic heterocycles. The van der Waals surface area contributed by atoms with Gasteiger partial charge in [-0.2, -0.15) is 0 Å². The van der Waals surface area contributed by atoms with Gasteiger partial charge in [0.25, 0.3) is 0 Å². The predicted octanol–water partition coefficient (Wildman–Crippen LogP) is 2.74. The summed E-state index contributed by atoms with van der Waals surface area (Å²) in [7, 11) is 1.77. The predicted molar refractivity (Wildman–Crippen MR) is 158 cm³/mol. The summed E-state index contributed by atoms with van der Waals surface area (Å²) in [6.07, 6.45) is 9.13. The molecule has 0 bridgehead atoms. The lowest BCUT2D eigenvalue weighted by molar-refractivity contribution is -0.140. The molecule has 2 aliphatic carbocycles. The van der Waals surface area contributed by atoms with E-state index in [9.17, 15) is 19.2 Å². The number of hydrogen-bond acceptors (Lipinski definition) is 6. The third-order valence-electron chi connectivity index (χ3n) is 9.97. The molecule has 2 saturated heterocycles. The number of piperidine rings is 1. The highest BCUT2D eigenvalue weighted by molar-refractivity contribution is 6.02. The van der Waals surface area contributed by atoms with Crippen molar-refractivity contribution in [2.75, 3.05) is 38.5 Å². The number of likely N-dealkylation sites (N-methyl/N-ethyl adjacent to an activating group) is 1. The van der Waals surface area contributed by atoms with Gasteiger partial charge in [-0.1, -0.05) is 31.4 Å². The van der Waals surface area contributed by atoms with Gasteiger partial charge < -0.3 is 25.8 Å². The summed E-state index contributed by atoms with van der Waals surface area (Å²) in [6.45, 7) is 5.39. The molecule has 9 nitrogen and oxygen atoms in total. The topological polar surface area (TPSA) is 111 Å². The molecular weight excluding hydrogens is 518 g/mol. The van der Waals surface area contributed by atoms with Crippen molar-refractivity contribution in [2.45, 2.75) is 89.3 Å². The fourth-order valence-corrected chi connectivity index (χ4v) is 7.13.